The van der Waals surface area contributed by atoms with Crippen molar-refractivity contribution in [2.24, 2.45) is 11.7 Å². The molecule has 0 saturated carbocycles. The molecule has 3 aromatic rings. The first-order chi connectivity index (χ1) is 15.5. The number of hydrogen-bond acceptors (Lipinski definition) is 5. The molecule has 4 rings (SSSR count). The zero-order chi connectivity index (χ0) is 22.7. The van der Waals surface area contributed by atoms with E-state index in [9.17, 15) is 14.0 Å². The van der Waals surface area contributed by atoms with E-state index >= 15 is 0 Å². The fourth-order valence-corrected chi connectivity index (χ4v) is 4.75. The van der Waals surface area contributed by atoms with Crippen LogP contribution in [0.1, 0.15) is 12.8 Å². The topological polar surface area (TPSA) is 94.1 Å². The Morgan fingerprint density at radius 3 is 2.66 bits per heavy atom. The third-order valence-electron chi connectivity index (χ3n) is 5.34. The van der Waals surface area contributed by atoms with Gasteiger partial charge in [0.15, 0.2) is 11.0 Å². The summed E-state index contributed by atoms with van der Waals surface area (Å²) in [4.78, 5) is 25.9. The lowest BCUT2D eigenvalue weighted by molar-refractivity contribution is -0.132. The minimum Gasteiger partial charge on any atom is -0.369 e. The molecule has 1 saturated heterocycles. The highest BCUT2D eigenvalue weighted by molar-refractivity contribution is 7.99. The van der Waals surface area contributed by atoms with Crippen molar-refractivity contribution >= 4 is 35.2 Å². The van der Waals surface area contributed by atoms with E-state index in [4.69, 9.17) is 17.3 Å². The minimum atomic E-state index is -0.450. The Bertz CT molecular complexity index is 1150. The number of para-hydroxylation sites is 1. The van der Waals surface area contributed by atoms with Crippen LogP contribution in [0.2, 0.25) is 5.02 Å². The second-order valence-electron chi connectivity index (χ2n) is 7.44. The molecule has 7 nitrogen and oxygen atoms in total. The Balaban J connectivity index is 1.62. The molecule has 1 atom stereocenters. The van der Waals surface area contributed by atoms with E-state index in [0.29, 0.717) is 41.1 Å². The Hall–Kier alpha value is -2.91. The van der Waals surface area contributed by atoms with Crippen LogP contribution in [-0.2, 0) is 9.59 Å². The molecule has 2 aromatic carbocycles. The van der Waals surface area contributed by atoms with Crippen molar-refractivity contribution < 1.29 is 14.0 Å². The van der Waals surface area contributed by atoms with Gasteiger partial charge in [0, 0.05) is 18.7 Å². The molecule has 0 aliphatic carbocycles. The molecule has 1 fully saturated rings. The number of benzene rings is 2. The number of rotatable bonds is 6. The lowest BCUT2D eigenvalue weighted by atomic mass is 9.97. The van der Waals surface area contributed by atoms with Crippen molar-refractivity contribution in [1.29, 1.82) is 0 Å². The van der Waals surface area contributed by atoms with E-state index in [1.807, 2.05) is 6.07 Å². The molecule has 0 radical (unpaired) electrons. The molecule has 0 spiro atoms. The monoisotopic (exact) mass is 473 g/mol. The molecule has 166 valence electrons. The highest BCUT2D eigenvalue weighted by atomic mass is 35.5. The summed E-state index contributed by atoms with van der Waals surface area (Å²) in [7, 11) is 0. The smallest absolute Gasteiger partial charge is 0.233 e. The highest BCUT2D eigenvalue weighted by Crippen LogP contribution is 2.33. The maximum Gasteiger partial charge on any atom is 0.233 e. The first-order valence-corrected chi connectivity index (χ1v) is 11.5. The van der Waals surface area contributed by atoms with E-state index < -0.39 is 5.82 Å². The fraction of sp³-hybridized carbons (Fsp3) is 0.273. The van der Waals surface area contributed by atoms with E-state index in [1.165, 1.54) is 6.07 Å². The second-order valence-corrected chi connectivity index (χ2v) is 8.79. The van der Waals surface area contributed by atoms with Crippen LogP contribution in [0.5, 0.6) is 0 Å². The standard InChI is InChI=1S/C22H21ClFN5O2S/c23-16-8-2-1-7-15(16)21-26-27-22(29(21)18-10-4-3-9-17(18)24)32-13-19(30)28-11-5-6-14(12-28)20(25)31/h1-4,7-10,14H,5-6,11-13H2,(H2,25,31). The molecule has 2 amide bonds. The first kappa shape index (κ1) is 22.3. The number of piperidine rings is 1. The van der Waals surface area contributed by atoms with Crippen LogP contribution in [0.15, 0.2) is 53.7 Å². The number of halogens is 2. The van der Waals surface area contributed by atoms with Gasteiger partial charge in [-0.3, -0.25) is 14.2 Å². The molecule has 2 N–H and O–H groups in total. The van der Waals surface area contributed by atoms with Gasteiger partial charge in [0.2, 0.25) is 11.8 Å². The summed E-state index contributed by atoms with van der Waals surface area (Å²) in [6, 6.07) is 13.4. The largest absolute Gasteiger partial charge is 0.369 e. The Morgan fingerprint density at radius 2 is 1.91 bits per heavy atom. The highest BCUT2D eigenvalue weighted by Gasteiger charge is 2.28. The molecule has 2 heterocycles. The van der Waals surface area contributed by atoms with Crippen LogP contribution in [0.4, 0.5) is 4.39 Å². The van der Waals surface area contributed by atoms with Crippen molar-refractivity contribution in [3.05, 3.63) is 59.4 Å². The molecule has 1 aliphatic rings. The predicted octanol–water partition coefficient (Wildman–Crippen LogP) is 3.54. The molecule has 1 unspecified atom stereocenters. The maximum absolute atomic E-state index is 14.7. The number of carbonyl (C=O) groups is 2. The van der Waals surface area contributed by atoms with E-state index in [2.05, 4.69) is 10.2 Å². The second kappa shape index (κ2) is 9.70. The van der Waals surface area contributed by atoms with Gasteiger partial charge >= 0.3 is 0 Å². The van der Waals surface area contributed by atoms with Gasteiger partial charge in [-0.1, -0.05) is 47.6 Å². The molecule has 1 aromatic heterocycles. The van der Waals surface area contributed by atoms with Crippen molar-refractivity contribution in [2.75, 3.05) is 18.8 Å². The summed E-state index contributed by atoms with van der Waals surface area (Å²) >= 11 is 7.51. The Kier molecular flexibility index (Phi) is 6.76. The predicted molar refractivity (Wildman–Crippen MR) is 121 cm³/mol. The van der Waals surface area contributed by atoms with Gasteiger partial charge in [0.05, 0.1) is 22.4 Å². The summed E-state index contributed by atoms with van der Waals surface area (Å²) in [6.45, 7) is 0.896. The van der Waals surface area contributed by atoms with Crippen LogP contribution in [-0.4, -0.2) is 50.3 Å². The SMILES string of the molecule is NC(=O)C1CCCN(C(=O)CSc2nnc(-c3ccccc3Cl)n2-c2ccccc2F)C1. The number of hydrogen-bond donors (Lipinski definition) is 1. The average Bonchev–Trinajstić information content (AvgIpc) is 3.21. The van der Waals surface area contributed by atoms with Crippen LogP contribution >= 0.6 is 23.4 Å². The fourth-order valence-electron chi connectivity index (χ4n) is 3.68. The van der Waals surface area contributed by atoms with Crippen molar-refractivity contribution in [3.63, 3.8) is 0 Å². The number of amides is 2. The third kappa shape index (κ3) is 4.63. The minimum absolute atomic E-state index is 0.0700. The molecule has 0 bridgehead atoms. The van der Waals surface area contributed by atoms with Gasteiger partial charge in [-0.05, 0) is 37.1 Å². The van der Waals surface area contributed by atoms with E-state index in [-0.39, 0.29) is 29.2 Å². The first-order valence-electron chi connectivity index (χ1n) is 10.1. The quantitative estimate of drug-likeness (QED) is 0.552. The molecule has 10 heteroatoms. The lowest BCUT2D eigenvalue weighted by Crippen LogP contribution is -2.44. The summed E-state index contributed by atoms with van der Waals surface area (Å²) < 4.78 is 16.3. The number of aromatic nitrogens is 3. The van der Waals surface area contributed by atoms with Crippen LogP contribution in [0, 0.1) is 11.7 Å². The van der Waals surface area contributed by atoms with Gasteiger partial charge < -0.3 is 10.6 Å². The van der Waals surface area contributed by atoms with Gasteiger partial charge in [-0.15, -0.1) is 10.2 Å². The summed E-state index contributed by atoms with van der Waals surface area (Å²) in [6.07, 6.45) is 1.42. The number of likely N-dealkylation sites (tertiary alicyclic amines) is 1. The zero-order valence-electron chi connectivity index (χ0n) is 17.1. The summed E-state index contributed by atoms with van der Waals surface area (Å²) in [5, 5.41) is 9.28. The van der Waals surface area contributed by atoms with E-state index in [1.54, 1.807) is 45.9 Å². The van der Waals surface area contributed by atoms with Gasteiger partial charge in [0.1, 0.15) is 5.82 Å². The number of nitrogens with zero attached hydrogens (tertiary/aromatic N) is 4. The zero-order valence-corrected chi connectivity index (χ0v) is 18.7. The Morgan fingerprint density at radius 1 is 1.16 bits per heavy atom. The maximum atomic E-state index is 14.7. The normalized spacial score (nSPS) is 16.2. The van der Waals surface area contributed by atoms with Crippen molar-refractivity contribution in [2.45, 2.75) is 18.0 Å². The van der Waals surface area contributed by atoms with Crippen molar-refractivity contribution in [3.8, 4) is 17.1 Å². The number of thioether (sulfide) groups is 1. The average molecular weight is 474 g/mol. The third-order valence-corrected chi connectivity index (χ3v) is 6.59. The number of carbonyl (C=O) groups excluding carboxylic acids is 2. The van der Waals surface area contributed by atoms with Crippen LogP contribution in [0.25, 0.3) is 17.1 Å². The summed E-state index contributed by atoms with van der Waals surface area (Å²) in [5.41, 5.74) is 6.27. The lowest BCUT2D eigenvalue weighted by Gasteiger charge is -2.31. The van der Waals surface area contributed by atoms with Crippen molar-refractivity contribution in [1.82, 2.24) is 19.7 Å². The number of nitrogens with two attached hydrogens (primary N) is 1. The number of primary amides is 1. The van der Waals surface area contributed by atoms with Gasteiger partial charge in [0.25, 0.3) is 0 Å². The molecule has 1 aliphatic heterocycles. The van der Waals surface area contributed by atoms with Crippen LogP contribution < -0.4 is 5.73 Å². The van der Waals surface area contributed by atoms with Gasteiger partial charge in [-0.25, -0.2) is 4.39 Å². The van der Waals surface area contributed by atoms with Gasteiger partial charge in [-0.2, -0.15) is 0 Å². The Labute approximate surface area is 193 Å². The summed E-state index contributed by atoms with van der Waals surface area (Å²) in [5.74, 6) is -0.856. The molecule has 32 heavy (non-hydrogen) atoms. The van der Waals surface area contributed by atoms with E-state index in [0.717, 1.165) is 18.2 Å². The van der Waals surface area contributed by atoms with Crippen LogP contribution in [0.3, 0.4) is 0 Å². The molecular formula is C22H21ClFN5O2S. The molecular weight excluding hydrogens is 453 g/mol.